The van der Waals surface area contributed by atoms with E-state index in [0.717, 1.165) is 9.44 Å². The number of nitrogens with one attached hydrogen (secondary N) is 4. The van der Waals surface area contributed by atoms with Gasteiger partial charge in [-0.2, -0.15) is 0 Å². The Morgan fingerprint density at radius 2 is 0.612 bits per heavy atom. The van der Waals surface area contributed by atoms with Gasteiger partial charge in [0.05, 0.1) is 49.9 Å². The molecule has 1 amide bonds. The van der Waals surface area contributed by atoms with E-state index in [1.54, 1.807) is 0 Å². The lowest BCUT2D eigenvalue weighted by molar-refractivity contribution is -0.393. The largest absolute Gasteiger partial charge is 0.735 e. The molecule has 38 atom stereocenters. The van der Waals surface area contributed by atoms with Gasteiger partial charge in [0.1, 0.15) is 182 Å². The van der Waals surface area contributed by atoms with Crippen LogP contribution in [0.1, 0.15) is 27.7 Å². The van der Waals surface area contributed by atoms with Crippen LogP contribution in [0, 0.1) is 0 Å². The summed E-state index contributed by atoms with van der Waals surface area (Å²) >= 11 is 0. The van der Waals surface area contributed by atoms with Crippen molar-refractivity contribution < 1.29 is 325 Å². The van der Waals surface area contributed by atoms with E-state index in [1.165, 1.54) is 25.5 Å². The first-order valence-corrected chi connectivity index (χ1v) is 50.6. The minimum Gasteiger partial charge on any atom is -0.735 e. The molecule has 139 heavy (non-hydrogen) atoms. The summed E-state index contributed by atoms with van der Waals surface area (Å²) in [7, 11) is -64.1. The fraction of sp³-hybridized carbons (Fsp3) is 0.870. The van der Waals surface area contributed by atoms with Crippen molar-refractivity contribution in [2.24, 2.45) is 0 Å². The quantitative estimate of drug-likeness (QED) is 0.0199. The Bertz CT molecular complexity index is 5600. The average Bonchev–Trinajstić information content (AvgIpc) is 0.802. The predicted octanol–water partition coefficient (Wildman–Crippen LogP) is -26.7. The molecule has 7 saturated heterocycles. The van der Waals surface area contributed by atoms with Gasteiger partial charge in [-0.3, -0.25) is 34.1 Å². The van der Waals surface area contributed by atoms with Crippen molar-refractivity contribution in [2.75, 3.05) is 26.4 Å². The van der Waals surface area contributed by atoms with Gasteiger partial charge in [0.15, 0.2) is 87.2 Å². The number of amides is 1. The SMILES string of the molecule is CC(=O)N[C@H]1[C@@H](O[C@H]2[C@H](O)[C@@H](O)[C@H](O[C@H]3[C@H](OS(=O)(=O)[O-])[C@@H](NS(=O)(=O)[O-])[C@@H](O[C@H]4[C@H](O)[C@@H](OS(=O)(=O)[O-])[C@H](O[C@H]5[C@H](O)[C@@H](NS(=O)(=O)[O-])[C@@H](O[C@H]6[C@H](O)[C@@H](OS(=O)(=O)[O-])[C@H](O[C@H]7[C@H](O)[C@@H](NS(=O)(=O)[O-])[C@@H](OC(C)(C)C)O[C@@H]7COS(=O)(=O)[O-])O[C@H]6C(=O)[O-])O[C@@H]5COS(=O)(=O)[O-])O[C@H]4C(=O)[O-])O[C@@H]3COS(=O)(=O)[O-])O[C@@H]2C(=O)[O-])O[C@H](COS(=O)(=O)[O-])[C@@H](O[C@@H]2OC(C(=O)[O-])=C[C@H](O)[C@H]2O)[C@@H]1O. The molecule has 0 radical (unpaired) electrons. The highest BCUT2D eigenvalue weighted by Crippen LogP contribution is 2.42. The number of hydrogen-bond donors (Lipinski definition) is 13. The second kappa shape index (κ2) is 45.5. The molecule has 0 aromatic rings. The smallest absolute Gasteiger partial charge is 0.229 e. The number of aliphatic hydroxyl groups is 9. The highest BCUT2D eigenvalue weighted by Gasteiger charge is 2.63. The highest BCUT2D eigenvalue weighted by atomic mass is 32.3. The molecule has 8 aliphatic heterocycles. The Labute approximate surface area is 778 Å². The standard InChI is InChI=1S/C54H86N4O71S10/c1-10(59)55-17-22(62)29(116-50-21(61)11(60)5-12(111-50)42(69)70)13(6-107-133(86,87)88)112-46(17)120-34-25(65)26(66)51(123-39(34)43(71)72)119-32-16(9-110-136(95,96)97)114-48(20(58-132(83,84)85)33(32)127-137(98,99)100)122-36-28(68)38(129-139(104,105)106)52(125-41(36)45(75)76)117-30-14(7-108-134(89,90)91)113-47(18(23(30)63)56-130(77,78)79)121-35-27(67)37(128-138(101,102)103)53(124-40(35)44(73)74)118-31-15(8-109-135(92,93)94)115-49(126-54(2,3)4)19(24(31)64)57-131(80,81)82/h5,11,13-41,46-53,56-58,60-68H,6-9H2,1-4H3,(H,55,59)(H,69,70)(H,71,72)(H,73,74)(H,75,76)(H,77,78,79)(H,80,81,82)(H,83,84,85)(H,86,87,88)(H,89,90,91)(H,92,93,94)(H,95,96,97)(H,98,99,100)(H,101,102,103)(H,104,105,106)/p-14/t11-,13+,14+,15+,16+,17+,18+,19+,20+,21+,22+,23+,24+,25+,26+,27-,28-,29+,30+,31+,32+,33+,34-,35-,36-,37+,38+,39-,40+,41+,46+,47+,48+,49+,50-,51+,52+,53+/m0/s1. The third-order valence-corrected chi connectivity index (χ3v) is 24.0. The van der Waals surface area contributed by atoms with Crippen molar-refractivity contribution in [1.29, 1.82) is 0 Å². The predicted molar refractivity (Wildman–Crippen MR) is 376 cm³/mol. The molecule has 8 aliphatic rings. The maximum absolute atomic E-state index is 13.4. The van der Waals surface area contributed by atoms with Crippen LogP contribution in [-0.2, 0) is 233 Å². The maximum atomic E-state index is 13.4. The molecule has 0 aliphatic carbocycles. The topological polar surface area (TPSA) is 1190 Å². The molecular formula is C54H72N4O71S10-14. The Kier molecular flexibility index (Phi) is 38.9. The van der Waals surface area contributed by atoms with Gasteiger partial charge in [0, 0.05) is 6.92 Å². The average molecular weight is 2230 g/mol. The number of ether oxygens (including phenoxy) is 16. The number of aliphatic hydroxyl groups excluding tert-OH is 9. The van der Waals surface area contributed by atoms with E-state index in [0.29, 0.717) is 13.0 Å². The summed E-state index contributed by atoms with van der Waals surface area (Å²) in [5, 5.41) is 157. The van der Waals surface area contributed by atoms with Gasteiger partial charge in [-0.25, -0.2) is 98.3 Å². The van der Waals surface area contributed by atoms with E-state index < -0.39 is 404 Å². The van der Waals surface area contributed by atoms with Gasteiger partial charge >= 0.3 is 0 Å². The van der Waals surface area contributed by atoms with Crippen LogP contribution in [0.3, 0.4) is 0 Å². The van der Waals surface area contributed by atoms with Crippen molar-refractivity contribution in [2.45, 2.75) is 266 Å². The zero-order valence-corrected chi connectivity index (χ0v) is 76.4. The summed E-state index contributed by atoms with van der Waals surface area (Å²) in [4.78, 5) is 63.9. The number of aliphatic carboxylic acids is 4. The minimum atomic E-state index is -6.89. The second-order valence-electron chi connectivity index (χ2n) is 30.3. The second-order valence-corrected chi connectivity index (χ2v) is 40.9. The summed E-state index contributed by atoms with van der Waals surface area (Å²) in [5.74, 6) is -13.6. The first-order chi connectivity index (χ1) is 63.1. The van der Waals surface area contributed by atoms with Crippen molar-refractivity contribution >= 4 is 133 Å². The number of carboxylic acids is 4. The molecule has 7 fully saturated rings. The molecule has 8 rings (SSSR count). The molecule has 8 heterocycles. The molecule has 85 heteroatoms. The zero-order chi connectivity index (χ0) is 106. The molecule has 0 saturated carbocycles. The van der Waals surface area contributed by atoms with Gasteiger partial charge in [-0.1, -0.05) is 0 Å². The molecule has 0 aromatic carbocycles. The lowest BCUT2D eigenvalue weighted by atomic mass is 9.94. The van der Waals surface area contributed by atoms with Crippen LogP contribution in [0.2, 0.25) is 0 Å². The van der Waals surface area contributed by atoms with Crippen molar-refractivity contribution in [3.8, 4) is 0 Å². The first-order valence-electron chi connectivity index (χ1n) is 37.1. The fourth-order valence-electron chi connectivity index (χ4n) is 14.1. The van der Waals surface area contributed by atoms with E-state index in [9.17, 15) is 220 Å². The van der Waals surface area contributed by atoms with Gasteiger partial charge in [-0.05, 0) is 26.8 Å². The lowest BCUT2D eigenvalue weighted by Crippen LogP contribution is -2.72. The van der Waals surface area contributed by atoms with Crippen LogP contribution < -0.4 is 39.9 Å². The molecule has 808 valence electrons. The third-order valence-electron chi connectivity index (χ3n) is 19.3. The monoisotopic (exact) mass is 2230 g/mol. The maximum Gasteiger partial charge on any atom is 0.229 e. The van der Waals surface area contributed by atoms with Crippen LogP contribution in [-0.4, -0.2) is 471 Å². The van der Waals surface area contributed by atoms with Crippen LogP contribution in [0.15, 0.2) is 11.8 Å². The molecule has 75 nitrogen and oxygen atoms in total. The minimum absolute atomic E-state index is 0.339. The Balaban J connectivity index is 1.15. The first kappa shape index (κ1) is 119. The molecule has 0 unspecified atom stereocenters. The summed E-state index contributed by atoms with van der Waals surface area (Å²) in [6.45, 7) is -3.88. The van der Waals surface area contributed by atoms with Crippen LogP contribution in [0.25, 0.3) is 0 Å². The Morgan fingerprint density at radius 1 is 0.324 bits per heavy atom. The zero-order valence-electron chi connectivity index (χ0n) is 68.3. The summed E-state index contributed by atoms with van der Waals surface area (Å²) < 4.78 is 487. The van der Waals surface area contributed by atoms with E-state index >= 15 is 0 Å². The Hall–Kier alpha value is -5.37. The van der Waals surface area contributed by atoms with Crippen LogP contribution in [0.5, 0.6) is 0 Å². The van der Waals surface area contributed by atoms with Crippen molar-refractivity contribution in [3.05, 3.63) is 11.8 Å². The lowest BCUT2D eigenvalue weighted by Gasteiger charge is -2.52. The van der Waals surface area contributed by atoms with E-state index in [-0.39, 0.29) is 0 Å². The van der Waals surface area contributed by atoms with Crippen LogP contribution >= 0.6 is 0 Å². The van der Waals surface area contributed by atoms with E-state index in [1.807, 2.05) is 5.32 Å². The molecule has 13 N–H and O–H groups in total. The van der Waals surface area contributed by atoms with Crippen molar-refractivity contribution in [1.82, 2.24) is 19.5 Å². The summed E-state index contributed by atoms with van der Waals surface area (Å²) in [5.41, 5.74) is -1.58. The highest BCUT2D eigenvalue weighted by molar-refractivity contribution is 7.84. The van der Waals surface area contributed by atoms with E-state index in [4.69, 9.17) is 75.8 Å². The van der Waals surface area contributed by atoms with Crippen LogP contribution in [0.4, 0.5) is 0 Å². The van der Waals surface area contributed by atoms with Gasteiger partial charge in [0.2, 0.25) is 85.0 Å². The number of carboxylic acid groups (broad SMARTS) is 4. The normalized spacial score (nSPS) is 38.5. The number of carbonyl (C=O) groups excluding carboxylic acids is 5. The van der Waals surface area contributed by atoms with Gasteiger partial charge < -0.3 is 212 Å². The molecular weight excluding hydrogens is 2160 g/mol. The van der Waals surface area contributed by atoms with Gasteiger partial charge in [0.25, 0.3) is 0 Å². The van der Waals surface area contributed by atoms with E-state index in [2.05, 4.69) is 29.3 Å². The third kappa shape index (κ3) is 34.1. The number of hydrogen-bond acceptors (Lipinski definition) is 71. The number of carbonyl (C=O) groups is 5. The molecule has 0 bridgehead atoms. The summed E-state index contributed by atoms with van der Waals surface area (Å²) in [6, 6.07) is -12.1. The number of rotatable bonds is 44. The molecule has 0 aromatic heterocycles. The fourth-order valence-corrected chi connectivity index (χ4v) is 18.5. The molecule has 0 spiro atoms. The Morgan fingerprint density at radius 3 is 0.942 bits per heavy atom. The van der Waals surface area contributed by atoms with Gasteiger partial charge in [-0.15, -0.1) is 0 Å². The summed E-state index contributed by atoms with van der Waals surface area (Å²) in [6.07, 6.45) is -108. The van der Waals surface area contributed by atoms with Crippen molar-refractivity contribution in [3.63, 3.8) is 0 Å².